The van der Waals surface area contributed by atoms with E-state index in [2.05, 4.69) is 0 Å². The van der Waals surface area contributed by atoms with E-state index in [4.69, 9.17) is 33.2 Å². The molecule has 21 heteroatoms. The molecule has 2 aliphatic carbocycles. The Kier molecular flexibility index (Phi) is 13.9. The highest BCUT2D eigenvalue weighted by molar-refractivity contribution is 5.01. The molecule has 6 fully saturated rings. The zero-order valence-corrected chi connectivity index (χ0v) is 29.5. The van der Waals surface area contributed by atoms with Gasteiger partial charge in [-0.25, -0.2) is 0 Å². The van der Waals surface area contributed by atoms with Crippen molar-refractivity contribution in [3.8, 4) is 0 Å². The van der Waals surface area contributed by atoms with Crippen LogP contribution in [0.25, 0.3) is 0 Å². The Morgan fingerprint density at radius 1 is 0.500 bits per heavy atom. The van der Waals surface area contributed by atoms with Crippen LogP contribution in [0.15, 0.2) is 0 Å². The minimum atomic E-state index is -1.85. The third-order valence-electron chi connectivity index (χ3n) is 11.9. The van der Waals surface area contributed by atoms with E-state index in [1.54, 1.807) is 0 Å². The van der Waals surface area contributed by atoms with E-state index in [1.165, 1.54) is 6.92 Å². The molecule has 54 heavy (non-hydrogen) atoms. The lowest BCUT2D eigenvalue weighted by Crippen LogP contribution is -2.64. The molecule has 0 spiro atoms. The maximum Gasteiger partial charge on any atom is 0.187 e. The molecule has 8 unspecified atom stereocenters. The maximum atomic E-state index is 11.0. The van der Waals surface area contributed by atoms with E-state index in [0.29, 0.717) is 0 Å². The number of aliphatic hydroxyl groups is 14. The number of rotatable bonds is 9. The van der Waals surface area contributed by atoms with E-state index in [9.17, 15) is 71.5 Å². The van der Waals surface area contributed by atoms with Crippen molar-refractivity contribution >= 4 is 0 Å². The summed E-state index contributed by atoms with van der Waals surface area (Å²) in [6.07, 6.45) is -32.3. The summed E-state index contributed by atoms with van der Waals surface area (Å²) >= 11 is 0. The first kappa shape index (κ1) is 42.8. The fourth-order valence-electron chi connectivity index (χ4n) is 8.63. The lowest BCUT2D eigenvalue weighted by Gasteiger charge is -2.53. The van der Waals surface area contributed by atoms with Crippen molar-refractivity contribution in [1.29, 1.82) is 0 Å². The summed E-state index contributed by atoms with van der Waals surface area (Å²) in [6, 6.07) is 0. The van der Waals surface area contributed by atoms with E-state index < -0.39 is 166 Å². The van der Waals surface area contributed by atoms with Gasteiger partial charge in [-0.2, -0.15) is 0 Å². The van der Waals surface area contributed by atoms with Crippen molar-refractivity contribution in [3.05, 3.63) is 0 Å². The molecule has 14 N–H and O–H groups in total. The molecule has 0 aromatic heterocycles. The normalized spacial score (nSPS) is 55.9. The Balaban J connectivity index is 1.22. The zero-order chi connectivity index (χ0) is 39.3. The van der Waals surface area contributed by atoms with Crippen LogP contribution in [0.5, 0.6) is 0 Å². The molecule has 0 aromatic carbocycles. The van der Waals surface area contributed by atoms with Crippen molar-refractivity contribution in [2.24, 2.45) is 11.8 Å². The van der Waals surface area contributed by atoms with Crippen LogP contribution in [-0.4, -0.2) is 226 Å². The Hall–Kier alpha value is -0.840. The second-order valence-corrected chi connectivity index (χ2v) is 15.6. The molecular weight excluding hydrogens is 732 g/mol. The van der Waals surface area contributed by atoms with E-state index >= 15 is 0 Å². The third-order valence-corrected chi connectivity index (χ3v) is 11.9. The third kappa shape index (κ3) is 8.63. The van der Waals surface area contributed by atoms with Gasteiger partial charge in [-0.15, -0.1) is 0 Å². The predicted octanol–water partition coefficient (Wildman–Crippen LogP) is -7.37. The number of hydrogen-bond acceptors (Lipinski definition) is 21. The molecule has 2 saturated carbocycles. The summed E-state index contributed by atoms with van der Waals surface area (Å²) in [5, 5.41) is 146. The second kappa shape index (κ2) is 17.6. The second-order valence-electron chi connectivity index (χ2n) is 15.6. The Morgan fingerprint density at radius 3 is 1.65 bits per heavy atom. The van der Waals surface area contributed by atoms with Gasteiger partial charge in [0.1, 0.15) is 73.2 Å². The smallest absolute Gasteiger partial charge is 0.187 e. The van der Waals surface area contributed by atoms with Crippen LogP contribution in [0.3, 0.4) is 0 Å². The summed E-state index contributed by atoms with van der Waals surface area (Å²) in [5.41, 5.74) is 0. The average molecular weight is 789 g/mol. The minimum absolute atomic E-state index is 0.00368. The number of ether oxygens (including phenoxy) is 7. The minimum Gasteiger partial charge on any atom is -0.394 e. The fourth-order valence-corrected chi connectivity index (χ4v) is 8.63. The monoisotopic (exact) mass is 788 g/mol. The first-order valence-corrected chi connectivity index (χ1v) is 18.5. The first-order chi connectivity index (χ1) is 25.5. The number of fused-ring (bicyclic) bond motifs is 1. The van der Waals surface area contributed by atoms with E-state index in [0.717, 1.165) is 0 Å². The molecule has 0 amide bonds. The maximum absolute atomic E-state index is 11.0. The number of hydrogen-bond donors (Lipinski definition) is 14. The molecule has 4 heterocycles. The molecule has 21 nitrogen and oxygen atoms in total. The lowest BCUT2D eigenvalue weighted by molar-refractivity contribution is -0.352. The molecule has 314 valence electrons. The molecule has 23 atom stereocenters. The average Bonchev–Trinajstić information content (AvgIpc) is 3.14. The largest absolute Gasteiger partial charge is 0.394 e. The van der Waals surface area contributed by atoms with E-state index in [-0.39, 0.29) is 32.1 Å². The van der Waals surface area contributed by atoms with Crippen LogP contribution in [0.2, 0.25) is 0 Å². The van der Waals surface area contributed by atoms with Crippen molar-refractivity contribution in [1.82, 2.24) is 0 Å². The molecule has 0 aromatic rings. The van der Waals surface area contributed by atoms with Gasteiger partial charge in [-0.05, 0) is 38.5 Å². The van der Waals surface area contributed by atoms with Crippen LogP contribution in [0.1, 0.15) is 39.0 Å². The summed E-state index contributed by atoms with van der Waals surface area (Å²) in [6.45, 7) is 0.188. The Bertz CT molecular complexity index is 1190. The van der Waals surface area contributed by atoms with Gasteiger partial charge in [0.15, 0.2) is 18.9 Å². The topological polar surface area (TPSA) is 348 Å². The lowest BCUT2D eigenvalue weighted by atomic mass is 9.72. The van der Waals surface area contributed by atoms with Crippen molar-refractivity contribution < 1.29 is 105 Å². The molecular formula is C33H56O21. The van der Waals surface area contributed by atoms with Crippen LogP contribution in [-0.2, 0) is 33.2 Å². The SMILES string of the molecule is C[C@H]1O[C@H](OC[C@@H]2O[C@H](OC3CC4C(CC(O)CC4O[C@H]4O[C@@H](CO)[C@H](O)[C@@H](O)[C@@H]4O)OC3C3CC(O)C(O)C(O)C3)[C@@H](O)[C@H](O)[C@H]2O)[C@@H](O)[C@@H](O)[C@@H]1O. The summed E-state index contributed by atoms with van der Waals surface area (Å²) in [4.78, 5) is 0. The van der Waals surface area contributed by atoms with Gasteiger partial charge in [0.05, 0.1) is 62.0 Å². The standard InChI is InChI=1S/C33H56O21/c1-9-20(38)24(42)27(45)31(49-9)48-8-19-23(41)26(44)29(47)33(54-19)52-17-6-12-15(50-30(17)10-2-13(36)21(39)14(37)3-10)4-11(35)5-16(12)51-32-28(46)25(43)22(40)18(7-34)53-32/h9-47H,2-8H2,1H3/t9-,10?,11?,12?,13?,14?,15?,16?,17?,18+,19+,20-,21?,22+,23+,24+,25-,26-,27+,28+,29+,30?,31+,32+,33+/m1/s1. The van der Waals surface area contributed by atoms with Crippen LogP contribution < -0.4 is 0 Å². The Labute approximate surface area is 309 Å². The first-order valence-electron chi connectivity index (χ1n) is 18.5. The van der Waals surface area contributed by atoms with Gasteiger partial charge in [0.25, 0.3) is 0 Å². The van der Waals surface area contributed by atoms with Crippen molar-refractivity contribution in [3.63, 3.8) is 0 Å². The molecule has 4 aliphatic heterocycles. The van der Waals surface area contributed by atoms with Crippen LogP contribution in [0, 0.1) is 11.8 Å². The van der Waals surface area contributed by atoms with Gasteiger partial charge in [-0.1, -0.05) is 0 Å². The fraction of sp³-hybridized carbons (Fsp3) is 1.00. The summed E-state index contributed by atoms with van der Waals surface area (Å²) < 4.78 is 41.4. The Morgan fingerprint density at radius 2 is 1.04 bits per heavy atom. The van der Waals surface area contributed by atoms with Crippen molar-refractivity contribution in [2.45, 2.75) is 180 Å². The van der Waals surface area contributed by atoms with Gasteiger partial charge in [0.2, 0.25) is 0 Å². The molecule has 0 radical (unpaired) electrons. The van der Waals surface area contributed by atoms with Gasteiger partial charge in [-0.3, -0.25) is 0 Å². The van der Waals surface area contributed by atoms with Gasteiger partial charge >= 0.3 is 0 Å². The van der Waals surface area contributed by atoms with Crippen LogP contribution in [0.4, 0.5) is 0 Å². The summed E-state index contributed by atoms with van der Waals surface area (Å²) in [5.74, 6) is -1.30. The van der Waals surface area contributed by atoms with E-state index in [1.807, 2.05) is 0 Å². The zero-order valence-electron chi connectivity index (χ0n) is 29.5. The number of aliphatic hydroxyl groups excluding tert-OH is 14. The van der Waals surface area contributed by atoms with Crippen molar-refractivity contribution in [2.75, 3.05) is 13.2 Å². The molecule has 6 aliphatic rings. The highest BCUT2D eigenvalue weighted by Crippen LogP contribution is 2.45. The quantitative estimate of drug-likeness (QED) is 0.103. The highest BCUT2D eigenvalue weighted by atomic mass is 16.7. The molecule has 0 bridgehead atoms. The van der Waals surface area contributed by atoms with Crippen LogP contribution >= 0.6 is 0 Å². The van der Waals surface area contributed by atoms with Gasteiger partial charge in [0, 0.05) is 12.3 Å². The molecule has 4 saturated heterocycles. The molecule has 6 rings (SSSR count). The predicted molar refractivity (Wildman–Crippen MR) is 171 cm³/mol. The summed E-state index contributed by atoms with van der Waals surface area (Å²) in [7, 11) is 0. The van der Waals surface area contributed by atoms with Gasteiger partial charge < -0.3 is 105 Å². The highest BCUT2D eigenvalue weighted by Gasteiger charge is 2.55.